The minimum absolute atomic E-state index is 0.0407. The number of benzene rings is 1. The largest absolute Gasteiger partial charge is 0.405 e. The SMILES string of the molecule is CN1CC(n2cc(-c3ccn4c(-c5cccc(N(OC=O)C(=O)NCC(F)(F)F)c5)cnc4c3)cn2)C1. The van der Waals surface area contributed by atoms with Crippen molar-refractivity contribution < 1.29 is 27.6 Å². The number of fused-ring (bicyclic) bond motifs is 1. The van der Waals surface area contributed by atoms with Crippen molar-refractivity contribution in [3.63, 3.8) is 0 Å². The predicted molar refractivity (Wildman–Crippen MR) is 127 cm³/mol. The lowest BCUT2D eigenvalue weighted by Gasteiger charge is -2.36. The highest BCUT2D eigenvalue weighted by atomic mass is 19.4. The number of nitrogens with zero attached hydrogens (tertiary/aromatic N) is 6. The van der Waals surface area contributed by atoms with Crippen LogP contribution in [0.5, 0.6) is 0 Å². The number of nitrogens with one attached hydrogen (secondary N) is 1. The first-order chi connectivity index (χ1) is 17.7. The second kappa shape index (κ2) is 9.58. The molecular weight excluding hydrogens is 491 g/mol. The standard InChI is InChI=1S/C24H22F3N7O3/c1-31-12-20(13-31)33-11-18(9-30-33)16-5-6-32-21(10-28-22(32)8-16)17-3-2-4-19(7-17)34(37-15-35)23(36)29-14-24(25,26)27/h2-11,15,20H,12-14H2,1H3,(H,29,36). The summed E-state index contributed by atoms with van der Waals surface area (Å²) in [6.45, 7) is 0.307. The first-order valence-corrected chi connectivity index (χ1v) is 11.3. The van der Waals surface area contributed by atoms with E-state index >= 15 is 0 Å². The van der Waals surface area contributed by atoms with E-state index in [0.29, 0.717) is 28.0 Å². The van der Waals surface area contributed by atoms with Gasteiger partial charge in [-0.3, -0.25) is 13.9 Å². The van der Waals surface area contributed by atoms with E-state index in [2.05, 4.69) is 26.9 Å². The van der Waals surface area contributed by atoms with Crippen LogP contribution in [-0.4, -0.2) is 69.4 Å². The molecule has 1 saturated heterocycles. The number of hydrogen-bond donors (Lipinski definition) is 1. The number of halogens is 3. The number of carbonyl (C=O) groups excluding carboxylic acids is 2. The molecule has 0 aliphatic carbocycles. The zero-order valence-corrected chi connectivity index (χ0v) is 19.6. The molecule has 2 amide bonds. The zero-order valence-electron chi connectivity index (χ0n) is 19.6. The quantitative estimate of drug-likeness (QED) is 0.300. The fraction of sp³-hybridized carbons (Fsp3) is 0.250. The van der Waals surface area contributed by atoms with Crippen LogP contribution in [0.3, 0.4) is 0 Å². The van der Waals surface area contributed by atoms with Gasteiger partial charge >= 0.3 is 18.7 Å². The molecule has 13 heteroatoms. The Kier molecular flexibility index (Phi) is 6.29. The second-order valence-electron chi connectivity index (χ2n) is 8.69. The first kappa shape index (κ1) is 24.3. The highest BCUT2D eigenvalue weighted by Gasteiger charge is 2.30. The van der Waals surface area contributed by atoms with Gasteiger partial charge in [0, 0.05) is 36.6 Å². The van der Waals surface area contributed by atoms with Crippen molar-refractivity contribution in [1.82, 2.24) is 29.4 Å². The maximum absolute atomic E-state index is 12.5. The average Bonchev–Trinajstić information content (AvgIpc) is 3.50. The van der Waals surface area contributed by atoms with Crippen LogP contribution < -0.4 is 10.4 Å². The molecule has 1 aliphatic rings. The Balaban J connectivity index is 1.40. The molecule has 0 bridgehead atoms. The van der Waals surface area contributed by atoms with E-state index in [1.165, 1.54) is 12.1 Å². The molecule has 1 N–H and O–H groups in total. The van der Waals surface area contributed by atoms with Crippen LogP contribution in [0.15, 0.2) is 61.2 Å². The Hall–Kier alpha value is -4.39. The predicted octanol–water partition coefficient (Wildman–Crippen LogP) is 3.52. The third kappa shape index (κ3) is 5.11. The molecule has 10 nitrogen and oxygen atoms in total. The third-order valence-electron chi connectivity index (χ3n) is 6.02. The van der Waals surface area contributed by atoms with Gasteiger partial charge in [-0.2, -0.15) is 18.3 Å². The molecular formula is C24H22F3N7O3. The van der Waals surface area contributed by atoms with Gasteiger partial charge in [0.2, 0.25) is 0 Å². The normalized spacial score (nSPS) is 14.4. The van der Waals surface area contributed by atoms with Crippen LogP contribution in [0.1, 0.15) is 6.04 Å². The van der Waals surface area contributed by atoms with Gasteiger partial charge < -0.3 is 15.1 Å². The van der Waals surface area contributed by atoms with E-state index < -0.39 is 18.8 Å². The smallest absolute Gasteiger partial charge is 0.335 e. The van der Waals surface area contributed by atoms with Crippen molar-refractivity contribution >= 4 is 23.8 Å². The molecule has 37 heavy (non-hydrogen) atoms. The number of anilines is 1. The Morgan fingerprint density at radius 2 is 2.00 bits per heavy atom. The number of hydrogen-bond acceptors (Lipinski definition) is 6. The van der Waals surface area contributed by atoms with Crippen LogP contribution in [0, 0.1) is 0 Å². The molecule has 3 aromatic heterocycles. The second-order valence-corrected chi connectivity index (χ2v) is 8.69. The van der Waals surface area contributed by atoms with E-state index in [1.54, 1.807) is 23.6 Å². The molecule has 192 valence electrons. The van der Waals surface area contributed by atoms with E-state index in [-0.39, 0.29) is 12.2 Å². The summed E-state index contributed by atoms with van der Waals surface area (Å²) in [5.41, 5.74) is 3.91. The summed E-state index contributed by atoms with van der Waals surface area (Å²) in [5, 5.41) is 6.63. The number of alkyl halides is 3. The van der Waals surface area contributed by atoms with Crippen molar-refractivity contribution in [2.24, 2.45) is 0 Å². The fourth-order valence-electron chi connectivity index (χ4n) is 4.20. The van der Waals surface area contributed by atoms with Gasteiger partial charge in [-0.05, 0) is 36.9 Å². The molecule has 1 fully saturated rings. The zero-order chi connectivity index (χ0) is 26.2. The van der Waals surface area contributed by atoms with Gasteiger partial charge in [0.25, 0.3) is 0 Å². The number of aromatic nitrogens is 4. The molecule has 0 spiro atoms. The molecule has 4 heterocycles. The molecule has 5 rings (SSSR count). The maximum Gasteiger partial charge on any atom is 0.405 e. The average molecular weight is 513 g/mol. The molecule has 0 atom stereocenters. The monoisotopic (exact) mass is 513 g/mol. The molecule has 0 radical (unpaired) electrons. The Morgan fingerprint density at radius 3 is 2.73 bits per heavy atom. The summed E-state index contributed by atoms with van der Waals surface area (Å²) in [5.74, 6) is 0. The van der Waals surface area contributed by atoms with E-state index in [9.17, 15) is 22.8 Å². The van der Waals surface area contributed by atoms with Crippen molar-refractivity contribution in [3.05, 3.63) is 61.2 Å². The summed E-state index contributed by atoms with van der Waals surface area (Å²) in [4.78, 5) is 34.5. The molecule has 1 aliphatic heterocycles. The number of imidazole rings is 1. The van der Waals surface area contributed by atoms with Crippen molar-refractivity contribution in [2.45, 2.75) is 12.2 Å². The van der Waals surface area contributed by atoms with Crippen molar-refractivity contribution in [1.29, 1.82) is 0 Å². The number of amides is 2. The third-order valence-corrected chi connectivity index (χ3v) is 6.02. The maximum atomic E-state index is 12.5. The summed E-state index contributed by atoms with van der Waals surface area (Å²) in [6.07, 6.45) is 2.71. The van der Waals surface area contributed by atoms with Crippen LogP contribution in [0.4, 0.5) is 23.7 Å². The van der Waals surface area contributed by atoms with Gasteiger partial charge in [-0.15, -0.1) is 5.06 Å². The fourth-order valence-corrected chi connectivity index (χ4v) is 4.20. The van der Waals surface area contributed by atoms with Crippen LogP contribution in [0.25, 0.3) is 28.0 Å². The molecule has 0 saturated carbocycles. The van der Waals surface area contributed by atoms with E-state index in [0.717, 1.165) is 24.2 Å². The molecule has 4 aromatic rings. The molecule has 1 aromatic carbocycles. The Morgan fingerprint density at radius 1 is 1.19 bits per heavy atom. The van der Waals surface area contributed by atoms with Gasteiger partial charge in [0.05, 0.1) is 29.8 Å². The lowest BCUT2D eigenvalue weighted by molar-refractivity contribution is -0.129. The lowest BCUT2D eigenvalue weighted by atomic mass is 10.1. The molecule has 0 unspecified atom stereocenters. The van der Waals surface area contributed by atoms with Crippen LogP contribution >= 0.6 is 0 Å². The minimum atomic E-state index is -4.62. The van der Waals surface area contributed by atoms with Crippen LogP contribution in [0.2, 0.25) is 0 Å². The number of likely N-dealkylation sites (N-methyl/N-ethyl adjacent to an activating group) is 1. The number of carbonyl (C=O) groups is 2. The summed E-state index contributed by atoms with van der Waals surface area (Å²) in [7, 11) is 2.07. The summed E-state index contributed by atoms with van der Waals surface area (Å²) in [6, 6.07) is 9.25. The van der Waals surface area contributed by atoms with Crippen molar-refractivity contribution in [3.8, 4) is 22.4 Å². The highest BCUT2D eigenvalue weighted by Crippen LogP contribution is 2.29. The van der Waals surface area contributed by atoms with Gasteiger partial charge in [-0.1, -0.05) is 12.1 Å². The van der Waals surface area contributed by atoms with Gasteiger partial charge in [-0.25, -0.2) is 9.78 Å². The Bertz CT molecular complexity index is 1440. The Labute approximate surface area is 208 Å². The number of pyridine rings is 1. The van der Waals surface area contributed by atoms with Crippen LogP contribution in [-0.2, 0) is 9.63 Å². The van der Waals surface area contributed by atoms with E-state index in [4.69, 9.17) is 0 Å². The van der Waals surface area contributed by atoms with Gasteiger partial charge in [0.15, 0.2) is 0 Å². The number of urea groups is 1. The highest BCUT2D eigenvalue weighted by molar-refractivity contribution is 5.91. The lowest BCUT2D eigenvalue weighted by Crippen LogP contribution is -2.45. The number of rotatable bonds is 7. The summed E-state index contributed by atoms with van der Waals surface area (Å²) >= 11 is 0. The summed E-state index contributed by atoms with van der Waals surface area (Å²) < 4.78 is 41.3. The number of hydroxylamine groups is 1. The first-order valence-electron chi connectivity index (χ1n) is 11.3. The van der Waals surface area contributed by atoms with Crippen molar-refractivity contribution in [2.75, 3.05) is 31.7 Å². The van der Waals surface area contributed by atoms with E-state index in [1.807, 2.05) is 39.8 Å². The van der Waals surface area contributed by atoms with Gasteiger partial charge in [0.1, 0.15) is 12.2 Å². The minimum Gasteiger partial charge on any atom is -0.335 e. The topological polar surface area (TPSA) is 97.0 Å². The number of likely N-dealkylation sites (tertiary alicyclic amines) is 1.